The van der Waals surface area contributed by atoms with Gasteiger partial charge >= 0.3 is 6.03 Å². The molecule has 0 atom stereocenters. The molecule has 1 aliphatic heterocycles. The second-order valence-electron chi connectivity index (χ2n) is 6.90. The number of fused-ring (bicyclic) bond motifs is 2. The van der Waals surface area contributed by atoms with Crippen LogP contribution in [-0.4, -0.2) is 22.5 Å². The van der Waals surface area contributed by atoms with Gasteiger partial charge < -0.3 is 10.2 Å². The Morgan fingerprint density at radius 3 is 2.57 bits per heavy atom. The van der Waals surface area contributed by atoms with E-state index < -0.39 is 0 Å². The fraction of sp³-hybridized carbons (Fsp3) is 0.130. The van der Waals surface area contributed by atoms with Crippen LogP contribution < -0.4 is 5.32 Å². The normalized spacial score (nSPS) is 13.4. The van der Waals surface area contributed by atoms with E-state index in [2.05, 4.69) is 29.6 Å². The monoisotopic (exact) mass is 385 g/mol. The summed E-state index contributed by atoms with van der Waals surface area (Å²) in [7, 11) is 0. The number of anilines is 1. The van der Waals surface area contributed by atoms with Crippen molar-refractivity contribution in [2.45, 2.75) is 13.0 Å². The molecule has 0 bridgehead atoms. The zero-order chi connectivity index (χ0) is 18.9. The van der Waals surface area contributed by atoms with E-state index in [4.69, 9.17) is 4.98 Å². The third kappa shape index (κ3) is 3.14. The Balaban J connectivity index is 1.41. The highest BCUT2D eigenvalue weighted by Gasteiger charge is 2.21. The van der Waals surface area contributed by atoms with Crippen LogP contribution in [0.3, 0.4) is 0 Å². The average Bonchev–Trinajstić information content (AvgIpc) is 3.18. The van der Waals surface area contributed by atoms with Gasteiger partial charge in [0.05, 0.1) is 15.9 Å². The summed E-state index contributed by atoms with van der Waals surface area (Å²) < 4.78 is 1.14. The molecule has 0 radical (unpaired) electrons. The lowest BCUT2D eigenvalue weighted by molar-refractivity contribution is 0.206. The molecule has 0 unspecified atom stereocenters. The van der Waals surface area contributed by atoms with Crippen molar-refractivity contribution in [3.8, 4) is 10.6 Å². The number of nitrogens with zero attached hydrogens (tertiary/aromatic N) is 2. The molecule has 0 saturated heterocycles. The summed E-state index contributed by atoms with van der Waals surface area (Å²) in [5.74, 6) is 0. The SMILES string of the molecule is O=C(Nc1ccccc1-c1nc2ccccc2s1)N1CCc2ccccc2C1. The number of nitrogens with one attached hydrogen (secondary N) is 1. The minimum atomic E-state index is -0.0666. The smallest absolute Gasteiger partial charge is 0.320 e. The molecule has 3 aromatic carbocycles. The number of amides is 2. The summed E-state index contributed by atoms with van der Waals surface area (Å²) in [5.41, 5.74) is 5.29. The number of hydrogen-bond acceptors (Lipinski definition) is 3. The van der Waals surface area contributed by atoms with Gasteiger partial charge in [-0.05, 0) is 41.8 Å². The zero-order valence-corrected chi connectivity index (χ0v) is 16.1. The van der Waals surface area contributed by atoms with Crippen LogP contribution in [0.1, 0.15) is 11.1 Å². The van der Waals surface area contributed by atoms with Gasteiger partial charge in [-0.1, -0.05) is 48.5 Å². The molecule has 138 valence electrons. The summed E-state index contributed by atoms with van der Waals surface area (Å²) in [6.07, 6.45) is 0.892. The predicted octanol–water partition coefficient (Wildman–Crippen LogP) is 5.55. The standard InChI is InChI=1S/C23H19N3OS/c27-23(26-14-13-16-7-1-2-8-17(16)15-26)25-19-10-4-3-9-18(19)22-24-20-11-5-6-12-21(20)28-22/h1-12H,13-15H2,(H,25,27). The molecule has 1 N–H and O–H groups in total. The Hall–Kier alpha value is -3.18. The number of para-hydroxylation sites is 2. The maximum absolute atomic E-state index is 12.9. The lowest BCUT2D eigenvalue weighted by atomic mass is 10.0. The summed E-state index contributed by atoms with van der Waals surface area (Å²) in [6.45, 7) is 1.37. The van der Waals surface area contributed by atoms with Gasteiger partial charge in [0, 0.05) is 18.7 Å². The molecule has 0 fully saturated rings. The number of rotatable bonds is 2. The molecule has 1 aromatic heterocycles. The lowest BCUT2D eigenvalue weighted by Gasteiger charge is -2.29. The quantitative estimate of drug-likeness (QED) is 0.491. The Bertz CT molecular complexity index is 1130. The number of urea groups is 1. The Labute approximate surface area is 167 Å². The fourth-order valence-corrected chi connectivity index (χ4v) is 4.63. The van der Waals surface area contributed by atoms with Crippen LogP contribution in [-0.2, 0) is 13.0 Å². The summed E-state index contributed by atoms with van der Waals surface area (Å²) in [4.78, 5) is 19.6. The van der Waals surface area contributed by atoms with Crippen molar-refractivity contribution in [3.63, 3.8) is 0 Å². The number of hydrogen-bond donors (Lipinski definition) is 1. The number of benzene rings is 3. The summed E-state index contributed by atoms with van der Waals surface area (Å²) in [5, 5.41) is 4.03. The first-order valence-corrected chi connectivity index (χ1v) is 10.2. The second-order valence-corrected chi connectivity index (χ2v) is 7.93. The van der Waals surface area contributed by atoms with Crippen molar-refractivity contribution >= 4 is 33.3 Å². The molecule has 0 saturated carbocycles. The largest absolute Gasteiger partial charge is 0.322 e. The van der Waals surface area contributed by atoms with Crippen LogP contribution >= 0.6 is 11.3 Å². The van der Waals surface area contributed by atoms with E-state index in [0.717, 1.165) is 39.4 Å². The predicted molar refractivity (Wildman–Crippen MR) is 115 cm³/mol. The number of aromatic nitrogens is 1. The van der Waals surface area contributed by atoms with Crippen LogP contribution in [0.25, 0.3) is 20.8 Å². The van der Waals surface area contributed by atoms with Gasteiger partial charge in [0.25, 0.3) is 0 Å². The average molecular weight is 385 g/mol. The van der Waals surface area contributed by atoms with Gasteiger partial charge in [0.2, 0.25) is 0 Å². The number of thiazole rings is 1. The van der Waals surface area contributed by atoms with Crippen LogP contribution in [0.5, 0.6) is 0 Å². The molecule has 4 nitrogen and oxygen atoms in total. The van der Waals surface area contributed by atoms with E-state index in [-0.39, 0.29) is 6.03 Å². The van der Waals surface area contributed by atoms with Crippen molar-refractivity contribution in [2.75, 3.05) is 11.9 Å². The zero-order valence-electron chi connectivity index (χ0n) is 15.3. The molecule has 5 heteroatoms. The van der Waals surface area contributed by atoms with Gasteiger partial charge in [-0.2, -0.15) is 0 Å². The van der Waals surface area contributed by atoms with E-state index >= 15 is 0 Å². The van der Waals surface area contributed by atoms with Crippen LogP contribution in [0.2, 0.25) is 0 Å². The van der Waals surface area contributed by atoms with E-state index in [0.29, 0.717) is 6.54 Å². The lowest BCUT2D eigenvalue weighted by Crippen LogP contribution is -2.38. The molecule has 4 aromatic rings. The molecule has 0 aliphatic carbocycles. The van der Waals surface area contributed by atoms with Crippen molar-refractivity contribution in [2.24, 2.45) is 0 Å². The highest BCUT2D eigenvalue weighted by molar-refractivity contribution is 7.21. The molecular formula is C23H19N3OS. The van der Waals surface area contributed by atoms with Crippen molar-refractivity contribution in [1.82, 2.24) is 9.88 Å². The van der Waals surface area contributed by atoms with E-state index in [1.165, 1.54) is 11.1 Å². The van der Waals surface area contributed by atoms with Crippen molar-refractivity contribution < 1.29 is 4.79 Å². The third-order valence-corrected chi connectivity index (χ3v) is 6.18. The van der Waals surface area contributed by atoms with Gasteiger partial charge in [-0.25, -0.2) is 9.78 Å². The number of carbonyl (C=O) groups is 1. The summed E-state index contributed by atoms with van der Waals surface area (Å²) in [6, 6.07) is 24.2. The van der Waals surface area contributed by atoms with Crippen LogP contribution in [0, 0.1) is 0 Å². The molecule has 2 heterocycles. The highest BCUT2D eigenvalue weighted by Crippen LogP contribution is 2.34. The molecule has 5 rings (SSSR count). The van der Waals surface area contributed by atoms with Gasteiger partial charge in [-0.3, -0.25) is 0 Å². The van der Waals surface area contributed by atoms with Crippen LogP contribution in [0.4, 0.5) is 10.5 Å². The minimum absolute atomic E-state index is 0.0666. The third-order valence-electron chi connectivity index (χ3n) is 5.11. The topological polar surface area (TPSA) is 45.2 Å². The second kappa shape index (κ2) is 7.09. The first kappa shape index (κ1) is 17.0. The molecule has 0 spiro atoms. The maximum Gasteiger partial charge on any atom is 0.322 e. The van der Waals surface area contributed by atoms with Crippen molar-refractivity contribution in [1.29, 1.82) is 0 Å². The summed E-state index contributed by atoms with van der Waals surface area (Å²) >= 11 is 1.64. The first-order chi connectivity index (χ1) is 13.8. The van der Waals surface area contributed by atoms with Gasteiger partial charge in [0.15, 0.2) is 0 Å². The molecular weight excluding hydrogens is 366 g/mol. The molecule has 2 amide bonds. The van der Waals surface area contributed by atoms with Crippen molar-refractivity contribution in [3.05, 3.63) is 83.9 Å². The Kier molecular flexibility index (Phi) is 4.29. The Morgan fingerprint density at radius 1 is 0.929 bits per heavy atom. The van der Waals surface area contributed by atoms with Gasteiger partial charge in [0.1, 0.15) is 5.01 Å². The number of carbonyl (C=O) groups excluding carboxylic acids is 1. The minimum Gasteiger partial charge on any atom is -0.320 e. The van der Waals surface area contributed by atoms with E-state index in [1.54, 1.807) is 11.3 Å². The van der Waals surface area contributed by atoms with Gasteiger partial charge in [-0.15, -0.1) is 11.3 Å². The Morgan fingerprint density at radius 2 is 1.68 bits per heavy atom. The maximum atomic E-state index is 12.9. The van der Waals surface area contributed by atoms with E-state index in [1.807, 2.05) is 53.4 Å². The van der Waals surface area contributed by atoms with Crippen LogP contribution in [0.15, 0.2) is 72.8 Å². The fourth-order valence-electron chi connectivity index (χ4n) is 3.63. The molecule has 28 heavy (non-hydrogen) atoms. The highest BCUT2D eigenvalue weighted by atomic mass is 32.1. The molecule has 1 aliphatic rings. The first-order valence-electron chi connectivity index (χ1n) is 9.35. The van der Waals surface area contributed by atoms with E-state index in [9.17, 15) is 4.79 Å².